The van der Waals surface area contributed by atoms with Crippen molar-refractivity contribution < 1.29 is 19.1 Å². The van der Waals surface area contributed by atoms with E-state index in [1.165, 1.54) is 18.4 Å². The molecular formula is C14H15N3O4S. The Labute approximate surface area is 130 Å². The molecule has 8 heteroatoms. The van der Waals surface area contributed by atoms with Crippen molar-refractivity contribution >= 4 is 29.1 Å². The lowest BCUT2D eigenvalue weighted by Gasteiger charge is -2.06. The predicted molar refractivity (Wildman–Crippen MR) is 80.9 cm³/mol. The third kappa shape index (κ3) is 3.01. The van der Waals surface area contributed by atoms with Gasteiger partial charge in [0.25, 0.3) is 11.8 Å². The highest BCUT2D eigenvalue weighted by Crippen LogP contribution is 2.18. The summed E-state index contributed by atoms with van der Waals surface area (Å²) in [7, 11) is 1.27. The molecule has 0 spiro atoms. The van der Waals surface area contributed by atoms with Crippen LogP contribution in [0, 0.1) is 13.8 Å². The minimum absolute atomic E-state index is 0.198. The van der Waals surface area contributed by atoms with Crippen LogP contribution in [0.2, 0.25) is 0 Å². The van der Waals surface area contributed by atoms with E-state index in [4.69, 9.17) is 0 Å². The standard InChI is InChI=1S/C14H15N3O4S/c1-7-10(14(20)21-3)8(2)15-11(7)13(19)17-16-12(18)9-5-4-6-22-9/h4-6,15H,1-3H3,(H,16,18)(H,17,19). The van der Waals surface area contributed by atoms with Crippen molar-refractivity contribution in [2.45, 2.75) is 13.8 Å². The van der Waals surface area contributed by atoms with Gasteiger partial charge in [0, 0.05) is 5.69 Å². The zero-order valence-corrected chi connectivity index (χ0v) is 13.1. The maximum Gasteiger partial charge on any atom is 0.339 e. The van der Waals surface area contributed by atoms with Crippen LogP contribution in [0.15, 0.2) is 17.5 Å². The number of carbonyl (C=O) groups is 3. The maximum atomic E-state index is 12.1. The van der Waals surface area contributed by atoms with Crippen LogP contribution in [-0.4, -0.2) is 29.9 Å². The highest BCUT2D eigenvalue weighted by atomic mass is 32.1. The Kier molecular flexibility index (Phi) is 4.62. The third-order valence-corrected chi connectivity index (χ3v) is 3.96. The number of H-pyrrole nitrogens is 1. The number of nitrogens with one attached hydrogen (secondary N) is 3. The van der Waals surface area contributed by atoms with Crippen molar-refractivity contribution in [1.29, 1.82) is 0 Å². The fourth-order valence-corrected chi connectivity index (χ4v) is 2.65. The number of methoxy groups -OCH3 is 1. The summed E-state index contributed by atoms with van der Waals surface area (Å²) in [6.07, 6.45) is 0. The van der Waals surface area contributed by atoms with Crippen molar-refractivity contribution in [3.05, 3.63) is 44.9 Å². The monoisotopic (exact) mass is 321 g/mol. The minimum Gasteiger partial charge on any atom is -0.465 e. The molecular weight excluding hydrogens is 306 g/mol. The number of hydrogen-bond acceptors (Lipinski definition) is 5. The molecule has 2 rings (SSSR count). The van der Waals surface area contributed by atoms with Gasteiger partial charge in [0.2, 0.25) is 0 Å². The summed E-state index contributed by atoms with van der Waals surface area (Å²) in [5, 5.41) is 1.76. The predicted octanol–water partition coefficient (Wildman–Crippen LogP) is 1.55. The fraction of sp³-hybridized carbons (Fsp3) is 0.214. The molecule has 0 bridgehead atoms. The van der Waals surface area contributed by atoms with Crippen molar-refractivity contribution in [3.8, 4) is 0 Å². The maximum absolute atomic E-state index is 12.1. The zero-order valence-electron chi connectivity index (χ0n) is 12.3. The zero-order chi connectivity index (χ0) is 16.3. The number of aryl methyl sites for hydroxylation is 1. The van der Waals surface area contributed by atoms with Gasteiger partial charge >= 0.3 is 5.97 Å². The molecule has 0 radical (unpaired) electrons. The molecule has 0 saturated heterocycles. The van der Waals surface area contributed by atoms with Crippen molar-refractivity contribution in [2.75, 3.05) is 7.11 Å². The van der Waals surface area contributed by atoms with Crippen LogP contribution in [0.25, 0.3) is 0 Å². The van der Waals surface area contributed by atoms with Crippen LogP contribution < -0.4 is 10.9 Å². The molecule has 0 fully saturated rings. The first-order valence-electron chi connectivity index (χ1n) is 6.37. The van der Waals surface area contributed by atoms with E-state index in [2.05, 4.69) is 20.6 Å². The van der Waals surface area contributed by atoms with Gasteiger partial charge in [-0.2, -0.15) is 0 Å². The average molecular weight is 321 g/mol. The summed E-state index contributed by atoms with van der Waals surface area (Å²) < 4.78 is 4.68. The molecule has 2 aromatic rings. The minimum atomic E-state index is -0.541. The van der Waals surface area contributed by atoms with Gasteiger partial charge in [0.05, 0.1) is 17.6 Å². The largest absolute Gasteiger partial charge is 0.465 e. The number of thiophene rings is 1. The topological polar surface area (TPSA) is 100 Å². The number of hydrazine groups is 1. The summed E-state index contributed by atoms with van der Waals surface area (Å²) >= 11 is 1.26. The normalized spacial score (nSPS) is 10.1. The number of ether oxygens (including phenoxy) is 1. The van der Waals surface area contributed by atoms with Crippen molar-refractivity contribution in [3.63, 3.8) is 0 Å². The smallest absolute Gasteiger partial charge is 0.339 e. The Hall–Kier alpha value is -2.61. The Morgan fingerprint density at radius 2 is 1.86 bits per heavy atom. The SMILES string of the molecule is COC(=O)c1c(C)[nH]c(C(=O)NNC(=O)c2cccs2)c1C. The molecule has 7 nitrogen and oxygen atoms in total. The van der Waals surface area contributed by atoms with E-state index in [9.17, 15) is 14.4 Å². The molecule has 0 aliphatic carbocycles. The Morgan fingerprint density at radius 1 is 1.18 bits per heavy atom. The number of rotatable bonds is 3. The Morgan fingerprint density at radius 3 is 2.45 bits per heavy atom. The molecule has 0 aliphatic heterocycles. The second-order valence-corrected chi connectivity index (χ2v) is 5.45. The summed E-state index contributed by atoms with van der Waals surface area (Å²) in [5.41, 5.74) is 6.14. The van der Waals surface area contributed by atoms with Crippen LogP contribution in [0.1, 0.15) is 41.8 Å². The third-order valence-electron chi connectivity index (χ3n) is 3.09. The first-order chi connectivity index (χ1) is 10.5. The first-order valence-corrected chi connectivity index (χ1v) is 7.25. The summed E-state index contributed by atoms with van der Waals surface area (Å²) in [4.78, 5) is 38.8. The molecule has 0 unspecified atom stereocenters. The lowest BCUT2D eigenvalue weighted by Crippen LogP contribution is -2.41. The number of esters is 1. The van der Waals surface area contributed by atoms with Gasteiger partial charge in [-0.3, -0.25) is 20.4 Å². The first kappa shape index (κ1) is 15.8. The van der Waals surface area contributed by atoms with Crippen LogP contribution in [0.5, 0.6) is 0 Å². The molecule has 22 heavy (non-hydrogen) atoms. The van der Waals surface area contributed by atoms with Gasteiger partial charge in [-0.15, -0.1) is 11.3 Å². The second-order valence-electron chi connectivity index (χ2n) is 4.50. The molecule has 0 atom stereocenters. The number of hydrogen-bond donors (Lipinski definition) is 3. The molecule has 2 aromatic heterocycles. The summed E-state index contributed by atoms with van der Waals surface area (Å²) in [6, 6.07) is 3.38. The van der Waals surface area contributed by atoms with Crippen LogP contribution >= 0.6 is 11.3 Å². The number of aromatic nitrogens is 1. The van der Waals surface area contributed by atoms with Gasteiger partial charge in [0.15, 0.2) is 0 Å². The quantitative estimate of drug-likeness (QED) is 0.590. The summed E-state index contributed by atoms with van der Waals surface area (Å²) in [5.74, 6) is -1.47. The van der Waals surface area contributed by atoms with Crippen LogP contribution in [0.3, 0.4) is 0 Å². The highest BCUT2D eigenvalue weighted by molar-refractivity contribution is 7.12. The molecule has 3 N–H and O–H groups in total. The van der Waals surface area contributed by atoms with E-state index >= 15 is 0 Å². The fourth-order valence-electron chi connectivity index (χ4n) is 2.03. The molecule has 0 aromatic carbocycles. The molecule has 0 aliphatic rings. The van der Waals surface area contributed by atoms with Crippen molar-refractivity contribution in [2.24, 2.45) is 0 Å². The molecule has 2 heterocycles. The highest BCUT2D eigenvalue weighted by Gasteiger charge is 2.22. The lowest BCUT2D eigenvalue weighted by molar-refractivity contribution is 0.0599. The second kappa shape index (κ2) is 6.44. The number of carbonyl (C=O) groups excluding carboxylic acids is 3. The van der Waals surface area contributed by atoms with Gasteiger partial charge in [-0.05, 0) is 30.9 Å². The Balaban J connectivity index is 2.10. The molecule has 2 amide bonds. The number of amides is 2. The van der Waals surface area contributed by atoms with Crippen LogP contribution in [-0.2, 0) is 4.74 Å². The van der Waals surface area contributed by atoms with Gasteiger partial charge in [-0.25, -0.2) is 4.79 Å². The van der Waals surface area contributed by atoms with E-state index in [1.807, 2.05) is 0 Å². The Bertz CT molecular complexity index is 719. The molecule has 0 saturated carbocycles. The van der Waals surface area contributed by atoms with E-state index in [1.54, 1.807) is 31.4 Å². The molecule has 116 valence electrons. The van der Waals surface area contributed by atoms with Gasteiger partial charge in [-0.1, -0.05) is 6.07 Å². The van der Waals surface area contributed by atoms with E-state index < -0.39 is 17.8 Å². The van der Waals surface area contributed by atoms with Crippen molar-refractivity contribution in [1.82, 2.24) is 15.8 Å². The van der Waals surface area contributed by atoms with E-state index in [0.29, 0.717) is 21.7 Å². The van der Waals surface area contributed by atoms with E-state index in [-0.39, 0.29) is 5.69 Å². The number of aromatic amines is 1. The average Bonchev–Trinajstić information content (AvgIpc) is 3.12. The van der Waals surface area contributed by atoms with Crippen LogP contribution in [0.4, 0.5) is 0 Å². The van der Waals surface area contributed by atoms with Gasteiger partial charge in [0.1, 0.15) is 5.69 Å². The van der Waals surface area contributed by atoms with E-state index in [0.717, 1.165) is 0 Å². The van der Waals surface area contributed by atoms with Gasteiger partial charge < -0.3 is 9.72 Å². The lowest BCUT2D eigenvalue weighted by atomic mass is 10.1. The summed E-state index contributed by atoms with van der Waals surface area (Å²) in [6.45, 7) is 3.30.